The molecule has 124 valence electrons. The predicted molar refractivity (Wildman–Crippen MR) is 94.9 cm³/mol. The molecule has 1 aromatic carbocycles. The second-order valence-electron chi connectivity index (χ2n) is 5.43. The predicted octanol–water partition coefficient (Wildman–Crippen LogP) is 3.36. The molecular weight excluding hydrogens is 334 g/mol. The van der Waals surface area contributed by atoms with Crippen molar-refractivity contribution in [3.05, 3.63) is 23.8 Å². The highest BCUT2D eigenvalue weighted by Gasteiger charge is 2.23. The fraction of sp³-hybridized carbons (Fsp3) is 0.500. The number of ether oxygens (including phenoxy) is 1. The van der Waals surface area contributed by atoms with Crippen molar-refractivity contribution in [2.75, 3.05) is 43.6 Å². The van der Waals surface area contributed by atoms with Gasteiger partial charge in [-0.1, -0.05) is 24.3 Å². The molecule has 0 aliphatic carbocycles. The van der Waals surface area contributed by atoms with Crippen LogP contribution in [0.1, 0.15) is 12.5 Å². The summed E-state index contributed by atoms with van der Waals surface area (Å²) in [5.41, 5.74) is 2.38. The van der Waals surface area contributed by atoms with Crippen molar-refractivity contribution in [3.63, 3.8) is 0 Å². The van der Waals surface area contributed by atoms with Crippen LogP contribution in [0, 0.1) is 0 Å². The highest BCUT2D eigenvalue weighted by molar-refractivity contribution is 7.22. The van der Waals surface area contributed by atoms with Crippen molar-refractivity contribution in [3.8, 4) is 0 Å². The first-order chi connectivity index (χ1) is 11.2. The number of aryl methyl sites for hydroxylation is 1. The maximum Gasteiger partial charge on any atom is 0.409 e. The summed E-state index contributed by atoms with van der Waals surface area (Å²) in [7, 11) is 0. The lowest BCUT2D eigenvalue weighted by molar-refractivity contribution is 0.105. The molecule has 2 heterocycles. The van der Waals surface area contributed by atoms with Crippen LogP contribution in [-0.2, 0) is 11.2 Å². The van der Waals surface area contributed by atoms with Gasteiger partial charge in [0.15, 0.2) is 5.13 Å². The number of hydrogen-bond donors (Lipinski definition) is 0. The number of alkyl halides is 1. The number of amides is 1. The number of piperazine rings is 1. The Morgan fingerprint density at radius 3 is 2.83 bits per heavy atom. The first-order valence-corrected chi connectivity index (χ1v) is 9.18. The zero-order valence-electron chi connectivity index (χ0n) is 13.1. The zero-order valence-corrected chi connectivity index (χ0v) is 14.7. The van der Waals surface area contributed by atoms with E-state index in [4.69, 9.17) is 21.3 Å². The highest BCUT2D eigenvalue weighted by Crippen LogP contribution is 2.30. The van der Waals surface area contributed by atoms with E-state index in [0.29, 0.717) is 19.0 Å². The van der Waals surface area contributed by atoms with Crippen LogP contribution in [-0.4, -0.2) is 54.6 Å². The molecule has 1 fully saturated rings. The number of fused-ring (bicyclic) bond motifs is 1. The van der Waals surface area contributed by atoms with Crippen LogP contribution in [0.25, 0.3) is 10.2 Å². The molecule has 1 aromatic heterocycles. The molecule has 23 heavy (non-hydrogen) atoms. The highest BCUT2D eigenvalue weighted by atomic mass is 35.5. The van der Waals surface area contributed by atoms with Gasteiger partial charge in [-0.3, -0.25) is 0 Å². The van der Waals surface area contributed by atoms with Crippen molar-refractivity contribution in [2.24, 2.45) is 0 Å². The minimum atomic E-state index is -0.276. The lowest BCUT2D eigenvalue weighted by Gasteiger charge is -2.33. The molecule has 3 rings (SSSR count). The van der Waals surface area contributed by atoms with Crippen LogP contribution in [0.2, 0.25) is 0 Å². The van der Waals surface area contributed by atoms with Crippen LogP contribution in [0.4, 0.5) is 9.93 Å². The van der Waals surface area contributed by atoms with Gasteiger partial charge < -0.3 is 14.5 Å². The molecule has 1 saturated heterocycles. The molecule has 0 radical (unpaired) electrons. The molecule has 7 heteroatoms. The molecule has 1 amide bonds. The SMILES string of the molecule is CCc1ccc2nc(N3CCN(C(=O)OCCCl)CC3)sc2c1. The molecule has 1 aliphatic rings. The third-order valence-corrected chi connectivity index (χ3v) is 5.19. The number of nitrogens with zero attached hydrogens (tertiary/aromatic N) is 3. The second-order valence-corrected chi connectivity index (χ2v) is 6.82. The van der Waals surface area contributed by atoms with Crippen molar-refractivity contribution in [1.29, 1.82) is 0 Å². The number of hydrogen-bond acceptors (Lipinski definition) is 5. The van der Waals surface area contributed by atoms with E-state index in [1.165, 1.54) is 10.3 Å². The second kappa shape index (κ2) is 7.36. The first-order valence-electron chi connectivity index (χ1n) is 7.83. The molecule has 0 bridgehead atoms. The van der Waals surface area contributed by atoms with Gasteiger partial charge in [0.1, 0.15) is 6.61 Å². The Morgan fingerprint density at radius 1 is 1.35 bits per heavy atom. The summed E-state index contributed by atoms with van der Waals surface area (Å²) in [6, 6.07) is 6.45. The minimum absolute atomic E-state index is 0.262. The van der Waals surface area contributed by atoms with Crippen molar-refractivity contribution < 1.29 is 9.53 Å². The topological polar surface area (TPSA) is 45.7 Å². The summed E-state index contributed by atoms with van der Waals surface area (Å²) >= 11 is 7.26. The van der Waals surface area contributed by atoms with Crippen LogP contribution in [0.15, 0.2) is 18.2 Å². The third-order valence-electron chi connectivity index (χ3n) is 3.96. The lowest BCUT2D eigenvalue weighted by atomic mass is 10.2. The molecule has 0 N–H and O–H groups in total. The Hall–Kier alpha value is -1.53. The number of halogens is 1. The fourth-order valence-electron chi connectivity index (χ4n) is 2.61. The summed E-state index contributed by atoms with van der Waals surface area (Å²) in [5.74, 6) is 0.331. The van der Waals surface area contributed by atoms with E-state index in [9.17, 15) is 4.79 Å². The molecule has 5 nitrogen and oxygen atoms in total. The largest absolute Gasteiger partial charge is 0.448 e. The Bertz CT molecular complexity index is 683. The van der Waals surface area contributed by atoms with Crippen LogP contribution in [0.3, 0.4) is 0 Å². The number of thiazole rings is 1. The summed E-state index contributed by atoms with van der Waals surface area (Å²) in [6.07, 6.45) is 0.758. The Kier molecular flexibility index (Phi) is 5.23. The molecular formula is C16H20ClN3O2S. The summed E-state index contributed by atoms with van der Waals surface area (Å²) in [6.45, 7) is 5.27. The average molecular weight is 354 g/mol. The van der Waals surface area contributed by atoms with E-state index in [1.54, 1.807) is 16.2 Å². The first kappa shape index (κ1) is 16.3. The number of rotatable bonds is 4. The quantitative estimate of drug-likeness (QED) is 0.791. The van der Waals surface area contributed by atoms with Gasteiger partial charge in [0.05, 0.1) is 16.1 Å². The van der Waals surface area contributed by atoms with E-state index in [0.717, 1.165) is 30.2 Å². The van der Waals surface area contributed by atoms with Gasteiger partial charge in [0.2, 0.25) is 0 Å². The molecule has 0 saturated carbocycles. The van der Waals surface area contributed by atoms with Gasteiger partial charge in [0, 0.05) is 26.2 Å². The Balaban J connectivity index is 1.64. The van der Waals surface area contributed by atoms with Crippen LogP contribution >= 0.6 is 22.9 Å². The summed E-state index contributed by atoms with van der Waals surface area (Å²) in [5, 5.41) is 1.03. The van der Waals surface area contributed by atoms with Crippen LogP contribution < -0.4 is 4.90 Å². The van der Waals surface area contributed by atoms with Gasteiger partial charge in [-0.2, -0.15) is 0 Å². The number of carbonyl (C=O) groups is 1. The fourth-order valence-corrected chi connectivity index (χ4v) is 3.77. The van der Waals surface area contributed by atoms with Gasteiger partial charge in [-0.25, -0.2) is 9.78 Å². The van der Waals surface area contributed by atoms with E-state index in [-0.39, 0.29) is 12.7 Å². The Morgan fingerprint density at radius 2 is 2.13 bits per heavy atom. The zero-order chi connectivity index (χ0) is 16.2. The van der Waals surface area contributed by atoms with Crippen molar-refractivity contribution >= 4 is 44.4 Å². The number of aromatic nitrogens is 1. The average Bonchev–Trinajstić information content (AvgIpc) is 3.02. The standard InChI is InChI=1S/C16H20ClN3O2S/c1-2-12-3-4-13-14(11-12)23-15(18-13)19-6-8-20(9-7-19)16(21)22-10-5-17/h3-4,11H,2,5-10H2,1H3. The maximum atomic E-state index is 11.8. The smallest absolute Gasteiger partial charge is 0.409 e. The lowest BCUT2D eigenvalue weighted by Crippen LogP contribution is -2.49. The summed E-state index contributed by atoms with van der Waals surface area (Å²) < 4.78 is 6.29. The van der Waals surface area contributed by atoms with Gasteiger partial charge in [-0.15, -0.1) is 11.6 Å². The normalized spacial score (nSPS) is 15.2. The number of benzene rings is 1. The van der Waals surface area contributed by atoms with Gasteiger partial charge in [-0.05, 0) is 24.1 Å². The minimum Gasteiger partial charge on any atom is -0.448 e. The third kappa shape index (κ3) is 3.70. The van der Waals surface area contributed by atoms with Gasteiger partial charge >= 0.3 is 6.09 Å². The molecule has 2 aromatic rings. The molecule has 0 spiro atoms. The number of carbonyl (C=O) groups excluding carboxylic acids is 1. The Labute approximate surface area is 144 Å². The molecule has 0 unspecified atom stereocenters. The molecule has 0 atom stereocenters. The summed E-state index contributed by atoms with van der Waals surface area (Å²) in [4.78, 5) is 20.5. The van der Waals surface area contributed by atoms with Crippen molar-refractivity contribution in [1.82, 2.24) is 9.88 Å². The van der Waals surface area contributed by atoms with E-state index in [2.05, 4.69) is 30.0 Å². The monoisotopic (exact) mass is 353 g/mol. The van der Waals surface area contributed by atoms with E-state index >= 15 is 0 Å². The van der Waals surface area contributed by atoms with Crippen molar-refractivity contribution in [2.45, 2.75) is 13.3 Å². The molecule has 1 aliphatic heterocycles. The van der Waals surface area contributed by atoms with E-state index < -0.39 is 0 Å². The maximum absolute atomic E-state index is 11.8. The number of anilines is 1. The van der Waals surface area contributed by atoms with Gasteiger partial charge in [0.25, 0.3) is 0 Å². The van der Waals surface area contributed by atoms with E-state index in [1.807, 2.05) is 0 Å². The van der Waals surface area contributed by atoms with Crippen LogP contribution in [0.5, 0.6) is 0 Å².